The third-order valence-electron chi connectivity index (χ3n) is 3.86. The number of hydrogen-bond donors (Lipinski definition) is 2. The molecule has 5 heteroatoms. The Morgan fingerprint density at radius 1 is 1.28 bits per heavy atom. The minimum atomic E-state index is -0.406. The normalized spacial score (nSPS) is 22.7. The van der Waals surface area contributed by atoms with E-state index in [0.29, 0.717) is 18.2 Å². The smallest absolute Gasteiger partial charge is 0.237 e. The van der Waals surface area contributed by atoms with Crippen molar-refractivity contribution >= 4 is 11.8 Å². The Morgan fingerprint density at radius 2 is 1.89 bits per heavy atom. The molecule has 2 amide bonds. The highest BCUT2D eigenvalue weighted by Gasteiger charge is 2.35. The van der Waals surface area contributed by atoms with Gasteiger partial charge in [-0.3, -0.25) is 9.59 Å². The van der Waals surface area contributed by atoms with Gasteiger partial charge >= 0.3 is 0 Å². The van der Waals surface area contributed by atoms with E-state index in [0.717, 1.165) is 38.8 Å². The van der Waals surface area contributed by atoms with Gasteiger partial charge in [-0.1, -0.05) is 6.92 Å². The highest BCUT2D eigenvalue weighted by molar-refractivity contribution is 5.82. The van der Waals surface area contributed by atoms with E-state index < -0.39 is 6.04 Å². The number of hydrogen-bond acceptors (Lipinski definition) is 3. The van der Waals surface area contributed by atoms with Crippen LogP contribution in [-0.4, -0.2) is 41.9 Å². The molecule has 5 nitrogen and oxygen atoms in total. The fraction of sp³-hybridized carbons (Fsp3) is 0.846. The summed E-state index contributed by atoms with van der Waals surface area (Å²) in [4.78, 5) is 25.5. The summed E-state index contributed by atoms with van der Waals surface area (Å²) in [5, 5.41) is 2.97. The van der Waals surface area contributed by atoms with Crippen LogP contribution in [0.1, 0.15) is 39.0 Å². The first-order valence-corrected chi connectivity index (χ1v) is 6.96. The zero-order valence-corrected chi connectivity index (χ0v) is 11.0. The minimum Gasteiger partial charge on any atom is -0.352 e. The SMILES string of the molecule is CC[C@H](N)C(=O)NC1CCN(C(=O)C2CC2)CC1. The fourth-order valence-corrected chi connectivity index (χ4v) is 2.33. The van der Waals surface area contributed by atoms with Gasteiger partial charge in [-0.05, 0) is 32.1 Å². The third kappa shape index (κ3) is 3.22. The largest absolute Gasteiger partial charge is 0.352 e. The lowest BCUT2D eigenvalue weighted by molar-refractivity contribution is -0.133. The molecule has 18 heavy (non-hydrogen) atoms. The summed E-state index contributed by atoms with van der Waals surface area (Å²) >= 11 is 0. The molecule has 0 radical (unpaired) electrons. The first-order valence-electron chi connectivity index (χ1n) is 6.96. The van der Waals surface area contributed by atoms with Gasteiger partial charge in [0.2, 0.25) is 11.8 Å². The van der Waals surface area contributed by atoms with Gasteiger partial charge in [-0.15, -0.1) is 0 Å². The van der Waals surface area contributed by atoms with Crippen molar-refractivity contribution < 1.29 is 9.59 Å². The molecule has 1 aliphatic carbocycles. The summed E-state index contributed by atoms with van der Waals surface area (Å²) in [6, 6.07) is -0.227. The topological polar surface area (TPSA) is 75.4 Å². The lowest BCUT2D eigenvalue weighted by Crippen LogP contribution is -2.50. The number of nitrogens with one attached hydrogen (secondary N) is 1. The van der Waals surface area contributed by atoms with Gasteiger partial charge in [-0.2, -0.15) is 0 Å². The molecule has 102 valence electrons. The minimum absolute atomic E-state index is 0.0653. The molecule has 2 fully saturated rings. The number of carbonyl (C=O) groups is 2. The average molecular weight is 253 g/mol. The summed E-state index contributed by atoms with van der Waals surface area (Å²) in [6.07, 6.45) is 4.47. The summed E-state index contributed by atoms with van der Waals surface area (Å²) in [5.74, 6) is 0.541. The Labute approximate surface area is 108 Å². The number of nitrogens with two attached hydrogens (primary N) is 1. The van der Waals surface area contributed by atoms with Gasteiger partial charge in [0.25, 0.3) is 0 Å². The summed E-state index contributed by atoms with van der Waals surface area (Å²) in [5.41, 5.74) is 5.68. The number of amides is 2. The molecule has 0 spiro atoms. The summed E-state index contributed by atoms with van der Waals surface area (Å²) in [6.45, 7) is 3.43. The first kappa shape index (κ1) is 13.3. The molecule has 0 aromatic heterocycles. The van der Waals surface area contributed by atoms with Gasteiger partial charge in [-0.25, -0.2) is 0 Å². The van der Waals surface area contributed by atoms with Crippen LogP contribution in [0.3, 0.4) is 0 Å². The third-order valence-corrected chi connectivity index (χ3v) is 3.86. The molecule has 2 rings (SSSR count). The van der Waals surface area contributed by atoms with Crippen molar-refractivity contribution in [2.45, 2.75) is 51.1 Å². The molecule has 1 heterocycles. The quantitative estimate of drug-likeness (QED) is 0.753. The Morgan fingerprint density at radius 3 is 2.39 bits per heavy atom. The van der Waals surface area contributed by atoms with Crippen molar-refractivity contribution in [3.8, 4) is 0 Å². The first-order chi connectivity index (χ1) is 8.61. The van der Waals surface area contributed by atoms with Crippen LogP contribution in [0, 0.1) is 5.92 Å². The van der Waals surface area contributed by atoms with E-state index in [1.165, 1.54) is 0 Å². The van der Waals surface area contributed by atoms with Crippen LogP contribution >= 0.6 is 0 Å². The molecule has 1 saturated heterocycles. The second-order valence-corrected chi connectivity index (χ2v) is 5.40. The van der Waals surface area contributed by atoms with Gasteiger partial charge in [0, 0.05) is 25.0 Å². The molecule has 0 aromatic carbocycles. The maximum absolute atomic E-state index is 11.9. The maximum Gasteiger partial charge on any atom is 0.237 e. The lowest BCUT2D eigenvalue weighted by atomic mass is 10.0. The van der Waals surface area contributed by atoms with Gasteiger partial charge in [0.15, 0.2) is 0 Å². The molecule has 1 saturated carbocycles. The highest BCUT2D eigenvalue weighted by Crippen LogP contribution is 2.31. The maximum atomic E-state index is 11.9. The van der Waals surface area contributed by atoms with E-state index in [2.05, 4.69) is 5.32 Å². The molecule has 2 aliphatic rings. The van der Waals surface area contributed by atoms with E-state index in [1.807, 2.05) is 11.8 Å². The molecule has 1 atom stereocenters. The average Bonchev–Trinajstić information content (AvgIpc) is 3.22. The van der Waals surface area contributed by atoms with Crippen molar-refractivity contribution in [1.82, 2.24) is 10.2 Å². The zero-order valence-electron chi connectivity index (χ0n) is 11.0. The summed E-state index contributed by atoms with van der Waals surface area (Å²) < 4.78 is 0. The van der Waals surface area contributed by atoms with Crippen LogP contribution < -0.4 is 11.1 Å². The molecule has 1 aliphatic heterocycles. The predicted molar refractivity (Wildman–Crippen MR) is 68.7 cm³/mol. The fourth-order valence-electron chi connectivity index (χ4n) is 2.33. The van der Waals surface area contributed by atoms with Crippen molar-refractivity contribution in [3.05, 3.63) is 0 Å². The zero-order chi connectivity index (χ0) is 13.1. The molecular weight excluding hydrogens is 230 g/mol. The van der Waals surface area contributed by atoms with Crippen LogP contribution in [0.2, 0.25) is 0 Å². The lowest BCUT2D eigenvalue weighted by Gasteiger charge is -2.33. The summed E-state index contributed by atoms with van der Waals surface area (Å²) in [7, 11) is 0. The Bertz CT molecular complexity index is 320. The second kappa shape index (κ2) is 5.69. The molecule has 0 bridgehead atoms. The van der Waals surface area contributed by atoms with Crippen molar-refractivity contribution in [2.24, 2.45) is 11.7 Å². The van der Waals surface area contributed by atoms with Crippen LogP contribution in [0.5, 0.6) is 0 Å². The molecule has 0 unspecified atom stereocenters. The molecule has 3 N–H and O–H groups in total. The standard InChI is InChI=1S/C13H23N3O2/c1-2-11(14)12(17)15-10-5-7-16(8-6-10)13(18)9-3-4-9/h9-11H,2-8,14H2,1H3,(H,15,17)/t11-/m0/s1. The van der Waals surface area contributed by atoms with Crippen LogP contribution in [0.15, 0.2) is 0 Å². The van der Waals surface area contributed by atoms with E-state index in [4.69, 9.17) is 5.73 Å². The number of likely N-dealkylation sites (tertiary alicyclic amines) is 1. The number of carbonyl (C=O) groups excluding carboxylic acids is 2. The van der Waals surface area contributed by atoms with Crippen molar-refractivity contribution in [1.29, 1.82) is 0 Å². The molecular formula is C13H23N3O2. The highest BCUT2D eigenvalue weighted by atomic mass is 16.2. The van der Waals surface area contributed by atoms with Gasteiger partial charge in [0.1, 0.15) is 0 Å². The molecule has 0 aromatic rings. The van der Waals surface area contributed by atoms with Gasteiger partial charge in [0.05, 0.1) is 6.04 Å². The van der Waals surface area contributed by atoms with Crippen molar-refractivity contribution in [3.63, 3.8) is 0 Å². The number of rotatable bonds is 4. The van der Waals surface area contributed by atoms with Gasteiger partial charge < -0.3 is 16.0 Å². The van der Waals surface area contributed by atoms with E-state index in [1.54, 1.807) is 0 Å². The Balaban J connectivity index is 1.72. The van der Waals surface area contributed by atoms with E-state index in [9.17, 15) is 9.59 Å². The monoisotopic (exact) mass is 253 g/mol. The van der Waals surface area contributed by atoms with Crippen LogP contribution in [-0.2, 0) is 9.59 Å². The number of piperidine rings is 1. The number of nitrogens with zero attached hydrogens (tertiary/aromatic N) is 1. The Kier molecular flexibility index (Phi) is 4.22. The van der Waals surface area contributed by atoms with E-state index >= 15 is 0 Å². The van der Waals surface area contributed by atoms with Crippen molar-refractivity contribution in [2.75, 3.05) is 13.1 Å². The van der Waals surface area contributed by atoms with Crippen LogP contribution in [0.25, 0.3) is 0 Å². The predicted octanol–water partition coefficient (Wildman–Crippen LogP) is 0.241. The van der Waals surface area contributed by atoms with E-state index in [-0.39, 0.29) is 11.9 Å². The van der Waals surface area contributed by atoms with Crippen LogP contribution in [0.4, 0.5) is 0 Å². The Hall–Kier alpha value is -1.10. The second-order valence-electron chi connectivity index (χ2n) is 5.40.